The number of hydrogen-bond donors (Lipinski definition) is 2. The van der Waals surface area contributed by atoms with Crippen LogP contribution in [0.25, 0.3) is 10.9 Å². The second kappa shape index (κ2) is 7.03. The van der Waals surface area contributed by atoms with Crippen molar-refractivity contribution in [1.82, 2.24) is 9.97 Å². The summed E-state index contributed by atoms with van der Waals surface area (Å²) in [6.45, 7) is 1.88. The van der Waals surface area contributed by atoms with Gasteiger partial charge in [-0.05, 0) is 42.8 Å². The molecule has 0 saturated carbocycles. The van der Waals surface area contributed by atoms with Crippen molar-refractivity contribution in [3.05, 3.63) is 95.6 Å². The lowest BCUT2D eigenvalue weighted by molar-refractivity contribution is 0.471. The first-order valence-electron chi connectivity index (χ1n) is 8.64. The molecule has 0 saturated heterocycles. The van der Waals surface area contributed by atoms with Crippen LogP contribution < -0.4 is 5.32 Å². The lowest BCUT2D eigenvalue weighted by Crippen LogP contribution is -2.13. The van der Waals surface area contributed by atoms with E-state index < -0.39 is 6.04 Å². The number of hydrogen-bond acceptors (Lipinski definition) is 4. The number of aromatic hydroxyl groups is 1. The molecule has 2 heterocycles. The van der Waals surface area contributed by atoms with Gasteiger partial charge in [-0.1, -0.05) is 36.4 Å². The molecule has 0 unspecified atom stereocenters. The second-order valence-electron chi connectivity index (χ2n) is 6.37. The maximum Gasteiger partial charge on any atom is 0.147 e. The normalized spacial score (nSPS) is 12.1. The Labute approximate surface area is 156 Å². The van der Waals surface area contributed by atoms with E-state index in [9.17, 15) is 9.50 Å². The predicted octanol–water partition coefficient (Wildman–Crippen LogP) is 4.98. The van der Waals surface area contributed by atoms with E-state index in [1.165, 1.54) is 12.1 Å². The summed E-state index contributed by atoms with van der Waals surface area (Å²) in [6, 6.07) is 19.0. The van der Waals surface area contributed by atoms with Gasteiger partial charge in [-0.25, -0.2) is 14.4 Å². The Kier molecular flexibility index (Phi) is 4.42. The number of aryl methyl sites for hydroxylation is 1. The number of halogens is 1. The van der Waals surface area contributed by atoms with Crippen molar-refractivity contribution in [2.24, 2.45) is 0 Å². The average Bonchev–Trinajstić information content (AvgIpc) is 2.69. The lowest BCUT2D eigenvalue weighted by atomic mass is 9.96. The number of nitrogens with zero attached hydrogens (tertiary/aromatic N) is 2. The van der Waals surface area contributed by atoms with Crippen LogP contribution in [-0.4, -0.2) is 15.1 Å². The summed E-state index contributed by atoms with van der Waals surface area (Å²) in [5, 5.41) is 15.1. The van der Waals surface area contributed by atoms with Crippen LogP contribution in [0.1, 0.15) is 22.9 Å². The van der Waals surface area contributed by atoms with Crippen molar-refractivity contribution < 1.29 is 9.50 Å². The molecule has 4 rings (SSSR count). The van der Waals surface area contributed by atoms with Crippen molar-refractivity contribution in [3.8, 4) is 5.75 Å². The van der Waals surface area contributed by atoms with E-state index in [-0.39, 0.29) is 11.6 Å². The zero-order chi connectivity index (χ0) is 18.8. The van der Waals surface area contributed by atoms with Crippen LogP contribution in [-0.2, 0) is 0 Å². The van der Waals surface area contributed by atoms with Gasteiger partial charge in [0.05, 0.1) is 6.04 Å². The van der Waals surface area contributed by atoms with Gasteiger partial charge < -0.3 is 10.4 Å². The Morgan fingerprint density at radius 3 is 2.48 bits per heavy atom. The number of anilines is 1. The van der Waals surface area contributed by atoms with Gasteiger partial charge in [-0.2, -0.15) is 0 Å². The second-order valence-corrected chi connectivity index (χ2v) is 6.37. The summed E-state index contributed by atoms with van der Waals surface area (Å²) in [7, 11) is 0. The van der Waals surface area contributed by atoms with Crippen molar-refractivity contribution in [1.29, 1.82) is 0 Å². The number of phenols is 1. The van der Waals surface area contributed by atoms with Crippen LogP contribution in [0.5, 0.6) is 5.75 Å². The van der Waals surface area contributed by atoms with Gasteiger partial charge >= 0.3 is 0 Å². The number of phenolic OH excluding ortho intramolecular Hbond substituents is 1. The molecule has 1 atom stereocenters. The molecule has 0 amide bonds. The van der Waals surface area contributed by atoms with E-state index in [4.69, 9.17) is 0 Å². The minimum absolute atomic E-state index is 0.106. The highest BCUT2D eigenvalue weighted by molar-refractivity contribution is 5.86. The third kappa shape index (κ3) is 3.44. The highest BCUT2D eigenvalue weighted by atomic mass is 19.1. The fourth-order valence-corrected chi connectivity index (χ4v) is 3.11. The molecule has 0 aliphatic carbocycles. The summed E-state index contributed by atoms with van der Waals surface area (Å²) in [4.78, 5) is 8.79. The molecule has 4 aromatic rings. The largest absolute Gasteiger partial charge is 0.505 e. The first kappa shape index (κ1) is 17.0. The van der Waals surface area contributed by atoms with Gasteiger partial charge in [-0.3, -0.25) is 0 Å². The topological polar surface area (TPSA) is 58.0 Å². The van der Waals surface area contributed by atoms with Crippen LogP contribution >= 0.6 is 0 Å². The Bertz CT molecular complexity index is 1080. The van der Waals surface area contributed by atoms with E-state index in [0.717, 1.165) is 16.6 Å². The Balaban J connectivity index is 1.86. The van der Waals surface area contributed by atoms with Gasteiger partial charge in [0.15, 0.2) is 0 Å². The lowest BCUT2D eigenvalue weighted by Gasteiger charge is -2.22. The molecular weight excluding hydrogens is 341 g/mol. The summed E-state index contributed by atoms with van der Waals surface area (Å²) in [5.41, 5.74) is 2.83. The zero-order valence-corrected chi connectivity index (χ0v) is 14.7. The molecule has 2 N–H and O–H groups in total. The SMILES string of the molecule is Cc1ccc2ccc([C@H](Nc3ccccn3)c3ccc(F)cc3)c(O)c2n1. The third-order valence-electron chi connectivity index (χ3n) is 4.48. The smallest absolute Gasteiger partial charge is 0.147 e. The van der Waals surface area contributed by atoms with E-state index in [1.54, 1.807) is 18.3 Å². The highest BCUT2D eigenvalue weighted by Crippen LogP contribution is 2.36. The monoisotopic (exact) mass is 359 g/mol. The van der Waals surface area contributed by atoms with Gasteiger partial charge in [0.1, 0.15) is 22.9 Å². The maximum atomic E-state index is 13.4. The Morgan fingerprint density at radius 1 is 0.963 bits per heavy atom. The molecule has 0 aliphatic heterocycles. The summed E-state index contributed by atoms with van der Waals surface area (Å²) in [6.07, 6.45) is 1.69. The summed E-state index contributed by atoms with van der Waals surface area (Å²) < 4.78 is 13.4. The van der Waals surface area contributed by atoms with Gasteiger partial charge in [0.25, 0.3) is 0 Å². The minimum atomic E-state index is -0.410. The molecule has 134 valence electrons. The van der Waals surface area contributed by atoms with Gasteiger partial charge in [-0.15, -0.1) is 0 Å². The minimum Gasteiger partial charge on any atom is -0.505 e. The van der Waals surface area contributed by atoms with Crippen molar-refractivity contribution >= 4 is 16.7 Å². The summed E-state index contributed by atoms with van der Waals surface area (Å²) >= 11 is 0. The first-order chi connectivity index (χ1) is 13.1. The number of rotatable bonds is 4. The number of nitrogens with one attached hydrogen (secondary N) is 1. The number of fused-ring (bicyclic) bond motifs is 1. The molecule has 2 aromatic carbocycles. The van der Waals surface area contributed by atoms with Gasteiger partial charge in [0, 0.05) is 22.8 Å². The van der Waals surface area contributed by atoms with Crippen LogP contribution in [0.3, 0.4) is 0 Å². The van der Waals surface area contributed by atoms with Crippen molar-refractivity contribution in [2.75, 3.05) is 5.32 Å². The zero-order valence-electron chi connectivity index (χ0n) is 14.7. The first-order valence-corrected chi connectivity index (χ1v) is 8.64. The van der Waals surface area contributed by atoms with E-state index in [0.29, 0.717) is 16.9 Å². The predicted molar refractivity (Wildman–Crippen MR) is 104 cm³/mol. The average molecular weight is 359 g/mol. The molecule has 27 heavy (non-hydrogen) atoms. The highest BCUT2D eigenvalue weighted by Gasteiger charge is 2.20. The third-order valence-corrected chi connectivity index (χ3v) is 4.48. The van der Waals surface area contributed by atoms with Crippen LogP contribution in [0, 0.1) is 12.7 Å². The fraction of sp³-hybridized carbons (Fsp3) is 0.0909. The number of aromatic nitrogens is 2. The molecule has 2 aromatic heterocycles. The maximum absolute atomic E-state index is 13.4. The Hall–Kier alpha value is -3.47. The number of pyridine rings is 2. The van der Waals surface area contributed by atoms with Crippen LogP contribution in [0.4, 0.5) is 10.2 Å². The fourth-order valence-electron chi connectivity index (χ4n) is 3.11. The quantitative estimate of drug-likeness (QED) is 0.539. The molecule has 0 radical (unpaired) electrons. The van der Waals surface area contributed by atoms with E-state index in [1.807, 2.05) is 49.4 Å². The molecule has 0 spiro atoms. The molecule has 0 aliphatic rings. The van der Waals surface area contributed by atoms with E-state index >= 15 is 0 Å². The number of benzene rings is 2. The van der Waals surface area contributed by atoms with Gasteiger partial charge in [0.2, 0.25) is 0 Å². The molecule has 5 heteroatoms. The van der Waals surface area contributed by atoms with Crippen molar-refractivity contribution in [3.63, 3.8) is 0 Å². The van der Waals surface area contributed by atoms with Crippen LogP contribution in [0.15, 0.2) is 72.9 Å². The van der Waals surface area contributed by atoms with Crippen LogP contribution in [0.2, 0.25) is 0 Å². The Morgan fingerprint density at radius 2 is 1.74 bits per heavy atom. The molecular formula is C22H18FN3O. The van der Waals surface area contributed by atoms with Crippen molar-refractivity contribution in [2.45, 2.75) is 13.0 Å². The molecule has 4 nitrogen and oxygen atoms in total. The molecule has 0 bridgehead atoms. The molecule has 0 fully saturated rings. The standard InChI is InChI=1S/C22H18FN3O/c1-14-5-6-16-9-12-18(22(27)21(16)25-14)20(15-7-10-17(23)11-8-15)26-19-4-2-3-13-24-19/h2-13,20,27H,1H3,(H,24,26)/t20-/m1/s1. The summed E-state index contributed by atoms with van der Waals surface area (Å²) in [5.74, 6) is 0.452. The van der Waals surface area contributed by atoms with E-state index in [2.05, 4.69) is 15.3 Å².